The van der Waals surface area contributed by atoms with Gasteiger partial charge < -0.3 is 31.5 Å². The second-order valence-corrected chi connectivity index (χ2v) is 10.6. The molecule has 2 bridgehead atoms. The van der Waals surface area contributed by atoms with Crippen LogP contribution in [0.5, 0.6) is 5.75 Å². The van der Waals surface area contributed by atoms with Gasteiger partial charge >= 0.3 is 12.1 Å². The summed E-state index contributed by atoms with van der Waals surface area (Å²) >= 11 is 0. The van der Waals surface area contributed by atoms with Crippen molar-refractivity contribution in [1.82, 2.24) is 19.9 Å². The van der Waals surface area contributed by atoms with E-state index in [1.807, 2.05) is 72.8 Å². The molecule has 6 N–H and O–H groups in total. The number of hydrogen-bond donors (Lipinski definition) is 4. The normalized spacial score (nSPS) is 20.4. The molecule has 5 heterocycles. The molecule has 0 spiro atoms. The van der Waals surface area contributed by atoms with Gasteiger partial charge in [-0.05, 0) is 35.9 Å². The number of aliphatic carboxylic acids is 1. The number of benzene rings is 2. The van der Waals surface area contributed by atoms with E-state index >= 15 is 0 Å². The van der Waals surface area contributed by atoms with E-state index in [0.717, 1.165) is 60.7 Å². The number of halogens is 3. The van der Waals surface area contributed by atoms with Crippen LogP contribution >= 0.6 is 0 Å². The molecule has 1 amide bonds. The molecule has 4 aromatic rings. The summed E-state index contributed by atoms with van der Waals surface area (Å²) in [7, 11) is 0. The van der Waals surface area contributed by atoms with E-state index in [9.17, 15) is 18.0 Å². The molecule has 0 aliphatic carbocycles. The standard InChI is InChI=1S/C29H29N7O2.C2HF3O2/c30-27(37)26-22(7-4-14-32-26)23-18-36-15-12-29(23,13-16-36)38-21-10-8-20(9-11-21)33-25-17-24(34-28(31)35-25)19-5-2-1-3-6-19;3-2(4,5)1(6)7/h1-11,14,17,23H,12-13,15-16,18H2,(H2,30,37)(H3,31,33,34,35);(H,6,7). The Morgan fingerprint density at radius 2 is 1.67 bits per heavy atom. The van der Waals surface area contributed by atoms with Gasteiger partial charge in [0.1, 0.15) is 22.9 Å². The van der Waals surface area contributed by atoms with Gasteiger partial charge in [0.25, 0.3) is 5.91 Å². The topological polar surface area (TPSA) is 170 Å². The van der Waals surface area contributed by atoms with Crippen molar-refractivity contribution < 1.29 is 32.6 Å². The SMILES string of the molecule is NC(=O)c1ncccc1C1CN2CCC1(Oc1ccc(Nc3cc(-c4ccccc4)nc(N)n3)cc1)CC2.O=C(O)C(F)(F)F. The molecule has 1 atom stereocenters. The molecule has 0 radical (unpaired) electrons. The number of ether oxygens (including phenoxy) is 1. The number of nitrogens with zero attached hydrogens (tertiary/aromatic N) is 4. The van der Waals surface area contributed by atoms with Crippen molar-refractivity contribution in [3.05, 3.63) is 90.3 Å². The first-order chi connectivity index (χ1) is 21.4. The van der Waals surface area contributed by atoms with Crippen molar-refractivity contribution in [3.8, 4) is 17.0 Å². The monoisotopic (exact) mass is 621 g/mol. The molecule has 3 saturated heterocycles. The molecule has 7 rings (SSSR count). The number of carbonyl (C=O) groups is 2. The number of nitrogens with one attached hydrogen (secondary N) is 1. The third-order valence-electron chi connectivity index (χ3n) is 7.73. The van der Waals surface area contributed by atoms with Gasteiger partial charge in [-0.3, -0.25) is 9.78 Å². The van der Waals surface area contributed by atoms with Gasteiger partial charge in [-0.15, -0.1) is 0 Å². The molecule has 45 heavy (non-hydrogen) atoms. The number of alkyl halides is 3. The van der Waals surface area contributed by atoms with E-state index < -0.39 is 23.7 Å². The second kappa shape index (κ2) is 12.8. The highest BCUT2D eigenvalue weighted by Gasteiger charge is 2.50. The summed E-state index contributed by atoms with van der Waals surface area (Å²) in [6.45, 7) is 2.73. The van der Waals surface area contributed by atoms with Crippen molar-refractivity contribution >= 4 is 29.3 Å². The number of nitrogen functional groups attached to an aromatic ring is 1. The lowest BCUT2D eigenvalue weighted by Crippen LogP contribution is -2.60. The number of fused-ring (bicyclic) bond motifs is 3. The zero-order valence-electron chi connectivity index (χ0n) is 23.9. The van der Waals surface area contributed by atoms with Gasteiger partial charge in [0.2, 0.25) is 5.95 Å². The molecule has 14 heteroatoms. The fraction of sp³-hybridized carbons (Fsp3) is 0.258. The molecule has 11 nitrogen and oxygen atoms in total. The Balaban J connectivity index is 0.000000515. The smallest absolute Gasteiger partial charge is 0.486 e. The van der Waals surface area contributed by atoms with Gasteiger partial charge in [-0.1, -0.05) is 36.4 Å². The molecule has 2 aromatic carbocycles. The van der Waals surface area contributed by atoms with Gasteiger partial charge in [-0.25, -0.2) is 9.78 Å². The number of pyridine rings is 1. The van der Waals surface area contributed by atoms with E-state index in [0.29, 0.717) is 11.5 Å². The van der Waals surface area contributed by atoms with Crippen LogP contribution in [-0.2, 0) is 4.79 Å². The largest absolute Gasteiger partial charge is 0.490 e. The van der Waals surface area contributed by atoms with E-state index in [1.54, 1.807) is 6.20 Å². The molecular formula is C31H30F3N7O4. The maximum Gasteiger partial charge on any atom is 0.490 e. The number of nitrogens with two attached hydrogens (primary N) is 2. The van der Waals surface area contributed by atoms with Crippen LogP contribution in [0.1, 0.15) is 34.8 Å². The first-order valence-corrected chi connectivity index (χ1v) is 14.0. The maximum atomic E-state index is 12.1. The van der Waals surface area contributed by atoms with Crippen molar-refractivity contribution in [3.63, 3.8) is 0 Å². The van der Waals surface area contributed by atoms with Gasteiger partial charge in [-0.2, -0.15) is 18.2 Å². The Hall–Kier alpha value is -5.24. The van der Waals surface area contributed by atoms with Gasteiger partial charge in [0.15, 0.2) is 0 Å². The Bertz CT molecular complexity index is 1660. The number of anilines is 3. The summed E-state index contributed by atoms with van der Waals surface area (Å²) in [6, 6.07) is 23.4. The number of rotatable bonds is 7. The minimum Gasteiger partial charge on any atom is -0.486 e. The highest BCUT2D eigenvalue weighted by Crippen LogP contribution is 2.46. The van der Waals surface area contributed by atoms with Crippen LogP contribution in [0, 0.1) is 0 Å². The lowest BCUT2D eigenvalue weighted by atomic mass is 9.71. The molecule has 234 valence electrons. The summed E-state index contributed by atoms with van der Waals surface area (Å²) in [5.74, 6) is -1.69. The average molecular weight is 622 g/mol. The van der Waals surface area contributed by atoms with Crippen LogP contribution in [0.15, 0.2) is 79.0 Å². The lowest BCUT2D eigenvalue weighted by molar-refractivity contribution is -0.192. The van der Waals surface area contributed by atoms with Crippen molar-refractivity contribution in [2.45, 2.75) is 30.5 Å². The highest BCUT2D eigenvalue weighted by molar-refractivity contribution is 5.92. The quantitative estimate of drug-likeness (QED) is 0.229. The van der Waals surface area contributed by atoms with Crippen LogP contribution in [0.3, 0.4) is 0 Å². The number of carbonyl (C=O) groups excluding carboxylic acids is 1. The minimum absolute atomic E-state index is 0.000553. The number of piperidine rings is 3. The fourth-order valence-electron chi connectivity index (χ4n) is 5.62. The number of aromatic nitrogens is 3. The average Bonchev–Trinajstić information content (AvgIpc) is 3.02. The summed E-state index contributed by atoms with van der Waals surface area (Å²) < 4.78 is 38.5. The Morgan fingerprint density at radius 1 is 1.00 bits per heavy atom. The Morgan fingerprint density at radius 3 is 2.29 bits per heavy atom. The molecule has 3 aliphatic heterocycles. The predicted molar refractivity (Wildman–Crippen MR) is 160 cm³/mol. The van der Waals surface area contributed by atoms with Crippen molar-refractivity contribution in [2.75, 3.05) is 30.7 Å². The summed E-state index contributed by atoms with van der Waals surface area (Å²) in [6.07, 6.45) is -1.74. The van der Waals surface area contributed by atoms with E-state index in [1.165, 1.54) is 0 Å². The molecule has 1 unspecified atom stereocenters. The van der Waals surface area contributed by atoms with Crippen molar-refractivity contribution in [2.24, 2.45) is 5.73 Å². The zero-order valence-corrected chi connectivity index (χ0v) is 23.9. The number of carboxylic acids is 1. The lowest BCUT2D eigenvalue weighted by Gasteiger charge is -2.53. The summed E-state index contributed by atoms with van der Waals surface area (Å²) in [5, 5.41) is 10.4. The third kappa shape index (κ3) is 7.29. The minimum atomic E-state index is -5.08. The van der Waals surface area contributed by atoms with Crippen LogP contribution in [0.25, 0.3) is 11.3 Å². The second-order valence-electron chi connectivity index (χ2n) is 10.6. The summed E-state index contributed by atoms with van der Waals surface area (Å²) in [5.41, 5.74) is 15.0. The maximum absolute atomic E-state index is 12.1. The Labute approximate surface area is 256 Å². The van der Waals surface area contributed by atoms with Gasteiger partial charge in [0, 0.05) is 61.9 Å². The first-order valence-electron chi connectivity index (χ1n) is 14.0. The van der Waals surface area contributed by atoms with Crippen LogP contribution in [0.2, 0.25) is 0 Å². The van der Waals surface area contributed by atoms with Gasteiger partial charge in [0.05, 0.1) is 5.69 Å². The Kier molecular flexibility index (Phi) is 8.86. The van der Waals surface area contributed by atoms with E-state index in [-0.39, 0.29) is 11.9 Å². The first kappa shape index (κ1) is 31.2. The number of primary amides is 1. The fourth-order valence-corrected chi connectivity index (χ4v) is 5.62. The summed E-state index contributed by atoms with van der Waals surface area (Å²) in [4.78, 5) is 36.4. The van der Waals surface area contributed by atoms with Crippen LogP contribution in [0.4, 0.5) is 30.6 Å². The molecule has 0 saturated carbocycles. The third-order valence-corrected chi connectivity index (χ3v) is 7.73. The zero-order chi connectivity index (χ0) is 32.2. The van der Waals surface area contributed by atoms with Crippen LogP contribution < -0.4 is 21.5 Å². The van der Waals surface area contributed by atoms with E-state index in [2.05, 4.69) is 25.2 Å². The molecule has 3 aliphatic rings. The number of amides is 1. The number of carboxylic acid groups (broad SMARTS) is 1. The van der Waals surface area contributed by atoms with Crippen molar-refractivity contribution in [1.29, 1.82) is 0 Å². The number of hydrogen-bond acceptors (Lipinski definition) is 9. The highest BCUT2D eigenvalue weighted by atomic mass is 19.4. The molecule has 3 fully saturated rings. The molecular weight excluding hydrogens is 591 g/mol. The predicted octanol–water partition coefficient (Wildman–Crippen LogP) is 4.61. The molecule has 2 aromatic heterocycles. The van der Waals surface area contributed by atoms with Crippen LogP contribution in [-0.4, -0.2) is 68.2 Å². The van der Waals surface area contributed by atoms with E-state index in [4.69, 9.17) is 26.1 Å².